The first kappa shape index (κ1) is 13.0. The Bertz CT molecular complexity index is 285. The van der Waals surface area contributed by atoms with Crippen LogP contribution in [0.15, 0.2) is 0 Å². The molecule has 0 saturated heterocycles. The Morgan fingerprint density at radius 2 is 1.24 bits per heavy atom. The second-order valence-electron chi connectivity index (χ2n) is 6.71. The predicted molar refractivity (Wildman–Crippen MR) is 74.6 cm³/mol. The lowest BCUT2D eigenvalue weighted by Crippen LogP contribution is -2.20. The van der Waals surface area contributed by atoms with Crippen LogP contribution in [0, 0.1) is 41.4 Å². The zero-order valence-electron chi connectivity index (χ0n) is 11.8. The van der Waals surface area contributed by atoms with Crippen LogP contribution in [-0.4, -0.2) is 0 Å². The first-order valence-corrected chi connectivity index (χ1v) is 7.66. The summed E-state index contributed by atoms with van der Waals surface area (Å²) in [5, 5.41) is 0. The van der Waals surface area contributed by atoms with Crippen LogP contribution < -0.4 is 0 Å². The summed E-state index contributed by atoms with van der Waals surface area (Å²) in [6, 6.07) is 0. The van der Waals surface area contributed by atoms with Crippen molar-refractivity contribution in [2.24, 2.45) is 29.6 Å². The minimum Gasteiger partial charge on any atom is -0.0996 e. The standard InChI is InChI=1S/C17H28/c1-13-4-7-16(8-5-13)10-11-17-9-6-14(2)15(3)12-17/h13-17H,4-9,12H2,1-3H3. The molecule has 3 unspecified atom stereocenters. The van der Waals surface area contributed by atoms with E-state index in [2.05, 4.69) is 32.6 Å². The molecule has 3 atom stereocenters. The number of hydrogen-bond acceptors (Lipinski definition) is 0. The summed E-state index contributed by atoms with van der Waals surface area (Å²) in [4.78, 5) is 0. The van der Waals surface area contributed by atoms with E-state index in [9.17, 15) is 0 Å². The van der Waals surface area contributed by atoms with E-state index in [1.807, 2.05) is 0 Å². The highest BCUT2D eigenvalue weighted by atomic mass is 14.3. The van der Waals surface area contributed by atoms with Crippen LogP contribution in [0.2, 0.25) is 0 Å². The third-order valence-corrected chi connectivity index (χ3v) is 5.11. The van der Waals surface area contributed by atoms with Crippen molar-refractivity contribution in [3.63, 3.8) is 0 Å². The van der Waals surface area contributed by atoms with Crippen LogP contribution in [-0.2, 0) is 0 Å². The van der Waals surface area contributed by atoms with Crippen LogP contribution in [0.3, 0.4) is 0 Å². The SMILES string of the molecule is CC1CCC(C#CC2CCC(C)C(C)C2)CC1. The zero-order valence-corrected chi connectivity index (χ0v) is 11.8. The lowest BCUT2D eigenvalue weighted by molar-refractivity contribution is 0.241. The average molecular weight is 232 g/mol. The van der Waals surface area contributed by atoms with Gasteiger partial charge < -0.3 is 0 Å². The molecule has 0 aromatic carbocycles. The van der Waals surface area contributed by atoms with Gasteiger partial charge in [0.2, 0.25) is 0 Å². The minimum atomic E-state index is 0.709. The molecule has 0 heteroatoms. The van der Waals surface area contributed by atoms with Crippen molar-refractivity contribution in [3.05, 3.63) is 0 Å². The normalized spacial score (nSPS) is 42.6. The molecule has 0 heterocycles. The van der Waals surface area contributed by atoms with Crippen molar-refractivity contribution >= 4 is 0 Å². The van der Waals surface area contributed by atoms with Crippen LogP contribution in [0.4, 0.5) is 0 Å². The summed E-state index contributed by atoms with van der Waals surface area (Å²) in [5.41, 5.74) is 0. The van der Waals surface area contributed by atoms with Gasteiger partial charge in [-0.05, 0) is 62.7 Å². The van der Waals surface area contributed by atoms with Gasteiger partial charge in [0.1, 0.15) is 0 Å². The van der Waals surface area contributed by atoms with Gasteiger partial charge in [-0.3, -0.25) is 0 Å². The Balaban J connectivity index is 1.81. The van der Waals surface area contributed by atoms with Crippen molar-refractivity contribution in [2.75, 3.05) is 0 Å². The monoisotopic (exact) mass is 232 g/mol. The van der Waals surface area contributed by atoms with Gasteiger partial charge in [-0.15, -0.1) is 0 Å². The molecule has 0 N–H and O–H groups in total. The molecule has 0 amide bonds. The fraction of sp³-hybridized carbons (Fsp3) is 0.882. The molecule has 0 bridgehead atoms. The van der Waals surface area contributed by atoms with Crippen LogP contribution >= 0.6 is 0 Å². The maximum Gasteiger partial charge on any atom is 0.0205 e. The molecule has 2 fully saturated rings. The van der Waals surface area contributed by atoms with Gasteiger partial charge in [-0.25, -0.2) is 0 Å². The first-order valence-electron chi connectivity index (χ1n) is 7.66. The molecule has 0 aliphatic heterocycles. The molecule has 2 rings (SSSR count). The largest absolute Gasteiger partial charge is 0.0996 e. The van der Waals surface area contributed by atoms with E-state index in [1.54, 1.807) is 0 Å². The summed E-state index contributed by atoms with van der Waals surface area (Å²) >= 11 is 0. The molecule has 17 heavy (non-hydrogen) atoms. The summed E-state index contributed by atoms with van der Waals surface area (Å²) in [5.74, 6) is 11.4. The average Bonchev–Trinajstić information content (AvgIpc) is 2.33. The van der Waals surface area contributed by atoms with Gasteiger partial charge in [0, 0.05) is 11.8 Å². The van der Waals surface area contributed by atoms with Gasteiger partial charge in [0.25, 0.3) is 0 Å². The molecule has 0 radical (unpaired) electrons. The van der Waals surface area contributed by atoms with Gasteiger partial charge in [-0.2, -0.15) is 0 Å². The molecule has 0 aromatic rings. The second-order valence-corrected chi connectivity index (χ2v) is 6.71. The lowest BCUT2D eigenvalue weighted by atomic mass is 9.76. The van der Waals surface area contributed by atoms with Crippen molar-refractivity contribution < 1.29 is 0 Å². The van der Waals surface area contributed by atoms with Crippen molar-refractivity contribution in [3.8, 4) is 11.8 Å². The van der Waals surface area contributed by atoms with E-state index in [0.29, 0.717) is 5.92 Å². The van der Waals surface area contributed by atoms with E-state index in [4.69, 9.17) is 0 Å². The summed E-state index contributed by atoms with van der Waals surface area (Å²) in [7, 11) is 0. The van der Waals surface area contributed by atoms with Crippen LogP contribution in [0.1, 0.15) is 65.7 Å². The molecule has 0 spiro atoms. The van der Waals surface area contributed by atoms with Crippen molar-refractivity contribution in [1.82, 2.24) is 0 Å². The molecule has 0 aromatic heterocycles. The van der Waals surface area contributed by atoms with Crippen molar-refractivity contribution in [2.45, 2.75) is 65.7 Å². The lowest BCUT2D eigenvalue weighted by Gasteiger charge is -2.29. The van der Waals surface area contributed by atoms with Gasteiger partial charge in [0.15, 0.2) is 0 Å². The Morgan fingerprint density at radius 1 is 0.647 bits per heavy atom. The maximum absolute atomic E-state index is 3.61. The Morgan fingerprint density at radius 3 is 1.88 bits per heavy atom. The molecular weight excluding hydrogens is 204 g/mol. The molecule has 2 saturated carbocycles. The fourth-order valence-electron chi connectivity index (χ4n) is 3.32. The van der Waals surface area contributed by atoms with Gasteiger partial charge >= 0.3 is 0 Å². The number of hydrogen-bond donors (Lipinski definition) is 0. The van der Waals surface area contributed by atoms with E-state index in [-0.39, 0.29) is 0 Å². The first-order chi connectivity index (χ1) is 8.15. The highest BCUT2D eigenvalue weighted by Crippen LogP contribution is 2.33. The highest BCUT2D eigenvalue weighted by Gasteiger charge is 2.23. The predicted octanol–water partition coefficient (Wildman–Crippen LogP) is 4.89. The topological polar surface area (TPSA) is 0 Å². The number of rotatable bonds is 0. The Labute approximate surface area is 108 Å². The zero-order chi connectivity index (χ0) is 12.3. The molecule has 2 aliphatic rings. The van der Waals surface area contributed by atoms with Gasteiger partial charge in [-0.1, -0.05) is 32.6 Å². The Hall–Kier alpha value is -0.440. The molecular formula is C17H28. The smallest absolute Gasteiger partial charge is 0.0205 e. The van der Waals surface area contributed by atoms with E-state index >= 15 is 0 Å². The molecule has 2 aliphatic carbocycles. The van der Waals surface area contributed by atoms with E-state index in [1.165, 1.54) is 44.9 Å². The van der Waals surface area contributed by atoms with Crippen LogP contribution in [0.5, 0.6) is 0 Å². The molecule has 0 nitrogen and oxygen atoms in total. The van der Waals surface area contributed by atoms with E-state index in [0.717, 1.165) is 23.7 Å². The van der Waals surface area contributed by atoms with Crippen LogP contribution in [0.25, 0.3) is 0 Å². The van der Waals surface area contributed by atoms with E-state index < -0.39 is 0 Å². The summed E-state index contributed by atoms with van der Waals surface area (Å²) < 4.78 is 0. The highest BCUT2D eigenvalue weighted by molar-refractivity contribution is 5.09. The minimum absolute atomic E-state index is 0.709. The van der Waals surface area contributed by atoms with Gasteiger partial charge in [0.05, 0.1) is 0 Å². The third-order valence-electron chi connectivity index (χ3n) is 5.11. The van der Waals surface area contributed by atoms with Crippen molar-refractivity contribution in [1.29, 1.82) is 0 Å². The Kier molecular flexibility index (Phi) is 4.55. The second kappa shape index (κ2) is 5.94. The third kappa shape index (κ3) is 3.77. The quantitative estimate of drug-likeness (QED) is 0.522. The summed E-state index contributed by atoms with van der Waals surface area (Å²) in [6.07, 6.45) is 9.59. The fourth-order valence-corrected chi connectivity index (χ4v) is 3.32. The maximum atomic E-state index is 3.61. The molecule has 96 valence electrons. The summed E-state index contributed by atoms with van der Waals surface area (Å²) in [6.45, 7) is 7.19.